The quantitative estimate of drug-likeness (QED) is 0.341. The van der Waals surface area contributed by atoms with E-state index in [9.17, 15) is 24.6 Å². The number of aliphatic hydroxyl groups excluding tert-OH is 1. The molecule has 2 bridgehead atoms. The minimum atomic E-state index is -1.20. The van der Waals surface area contributed by atoms with Crippen molar-refractivity contribution in [2.45, 2.75) is 62.9 Å². The van der Waals surface area contributed by atoms with Gasteiger partial charge in [-0.1, -0.05) is 23.4 Å². The van der Waals surface area contributed by atoms with Gasteiger partial charge in [0.2, 0.25) is 11.8 Å². The largest absolute Gasteiger partial charge is 0.481 e. The summed E-state index contributed by atoms with van der Waals surface area (Å²) < 4.78 is 8.08. The number of benzene rings is 1. The molecule has 1 aromatic carbocycles. The number of aliphatic carboxylic acids is 1. The Morgan fingerprint density at radius 2 is 2.05 bits per heavy atom. The van der Waals surface area contributed by atoms with Gasteiger partial charge in [0.15, 0.2) is 0 Å². The number of nitrogens with zero attached hydrogens (tertiary/aromatic N) is 5. The number of amides is 2. The lowest BCUT2D eigenvalue weighted by molar-refractivity contribution is -0.156. The van der Waals surface area contributed by atoms with Crippen molar-refractivity contribution < 1.29 is 29.3 Å². The van der Waals surface area contributed by atoms with E-state index in [1.165, 1.54) is 4.90 Å². The molecule has 11 nitrogen and oxygen atoms in total. The maximum atomic E-state index is 14.3. The van der Waals surface area contributed by atoms with Gasteiger partial charge in [-0.05, 0) is 51.2 Å². The number of carbonyl (C=O) groups excluding carboxylic acids is 2. The number of unbranched alkanes of at least 4 members (excludes halogenated alkanes) is 2. The summed E-state index contributed by atoms with van der Waals surface area (Å²) in [5.41, 5.74) is -0.741. The van der Waals surface area contributed by atoms with Crippen LogP contribution in [0.4, 0.5) is 0 Å². The standard InChI is InChI=1S/C26H33N5O6/c1-3-13-29(16-31-18-10-6-5-9-17(18)27-28-31)23(34)21-26-12-11-25(2,37-26)20(24(35)36)19(26)22(33)30(21)14-7-4-8-15-32/h3,5-6,9-10,19-21,32H,1,4,7-8,11-16H2,2H3,(H,35,36)/t19-,20+,21?,25-,26?/m0/s1. The SMILES string of the molecule is C=CCN(Cn1nnc2ccccc21)C(=O)C1N(CCCCCO)C(=O)[C@@H]2[C@H](C(=O)O)[C@]3(C)CCC12O3. The van der Waals surface area contributed by atoms with E-state index in [0.717, 1.165) is 5.52 Å². The lowest BCUT2D eigenvalue weighted by Crippen LogP contribution is -2.56. The second kappa shape index (κ2) is 9.53. The summed E-state index contributed by atoms with van der Waals surface area (Å²) in [4.78, 5) is 43.5. The molecule has 0 aliphatic carbocycles. The highest BCUT2D eigenvalue weighted by atomic mass is 16.5. The van der Waals surface area contributed by atoms with Gasteiger partial charge < -0.3 is 24.7 Å². The predicted octanol–water partition coefficient (Wildman–Crippen LogP) is 1.42. The van der Waals surface area contributed by atoms with E-state index in [0.29, 0.717) is 37.6 Å². The van der Waals surface area contributed by atoms with Gasteiger partial charge in [-0.25, -0.2) is 4.68 Å². The highest BCUT2D eigenvalue weighted by Gasteiger charge is 2.78. The molecule has 5 atom stereocenters. The number of fused-ring (bicyclic) bond motifs is 2. The van der Waals surface area contributed by atoms with Gasteiger partial charge in [0.1, 0.15) is 23.8 Å². The zero-order chi connectivity index (χ0) is 26.4. The van der Waals surface area contributed by atoms with Crippen LogP contribution in [0.2, 0.25) is 0 Å². The van der Waals surface area contributed by atoms with Crippen molar-refractivity contribution in [3.05, 3.63) is 36.9 Å². The fourth-order valence-corrected chi connectivity index (χ4v) is 6.62. The monoisotopic (exact) mass is 511 g/mol. The molecule has 1 aromatic heterocycles. The van der Waals surface area contributed by atoms with Crippen LogP contribution in [0, 0.1) is 11.8 Å². The van der Waals surface area contributed by atoms with Crippen LogP contribution in [0.15, 0.2) is 36.9 Å². The number of carboxylic acid groups (broad SMARTS) is 1. The number of likely N-dealkylation sites (tertiary alicyclic amines) is 1. The summed E-state index contributed by atoms with van der Waals surface area (Å²) in [6.45, 7) is 6.18. The summed E-state index contributed by atoms with van der Waals surface area (Å²) in [5.74, 6) is -3.68. The van der Waals surface area contributed by atoms with Crippen molar-refractivity contribution in [1.29, 1.82) is 0 Å². The molecular weight excluding hydrogens is 478 g/mol. The molecule has 198 valence electrons. The van der Waals surface area contributed by atoms with Gasteiger partial charge in [0, 0.05) is 19.7 Å². The molecule has 2 N–H and O–H groups in total. The summed E-state index contributed by atoms with van der Waals surface area (Å²) in [7, 11) is 0. The van der Waals surface area contributed by atoms with Crippen LogP contribution >= 0.6 is 0 Å². The van der Waals surface area contributed by atoms with Gasteiger partial charge in [-0.15, -0.1) is 11.7 Å². The fraction of sp³-hybridized carbons (Fsp3) is 0.577. The second-order valence-corrected chi connectivity index (χ2v) is 10.5. The molecule has 1 spiro atoms. The molecule has 3 aliphatic rings. The molecule has 37 heavy (non-hydrogen) atoms. The highest BCUT2D eigenvalue weighted by Crippen LogP contribution is 2.63. The Hall–Kier alpha value is -3.31. The van der Waals surface area contributed by atoms with E-state index in [1.54, 1.807) is 22.6 Å². The van der Waals surface area contributed by atoms with Crippen molar-refractivity contribution in [3.63, 3.8) is 0 Å². The first-order valence-corrected chi connectivity index (χ1v) is 12.8. The van der Waals surface area contributed by atoms with E-state index in [1.807, 2.05) is 24.3 Å². The number of aromatic nitrogens is 3. The number of rotatable bonds is 11. The molecular formula is C26H33N5O6. The number of carbonyl (C=O) groups is 3. The van der Waals surface area contributed by atoms with Crippen LogP contribution in [0.25, 0.3) is 11.0 Å². The molecule has 3 saturated heterocycles. The van der Waals surface area contributed by atoms with Crippen LogP contribution < -0.4 is 0 Å². The topological polar surface area (TPSA) is 138 Å². The second-order valence-electron chi connectivity index (χ2n) is 10.5. The smallest absolute Gasteiger partial charge is 0.310 e. The predicted molar refractivity (Wildman–Crippen MR) is 132 cm³/mol. The lowest BCUT2D eigenvalue weighted by Gasteiger charge is -2.36. The van der Waals surface area contributed by atoms with Crippen LogP contribution in [0.1, 0.15) is 39.0 Å². The molecule has 0 radical (unpaired) electrons. The Balaban J connectivity index is 1.51. The average molecular weight is 512 g/mol. The fourth-order valence-electron chi connectivity index (χ4n) is 6.62. The minimum absolute atomic E-state index is 0.0460. The third kappa shape index (κ3) is 3.91. The van der Waals surface area contributed by atoms with E-state index in [4.69, 9.17) is 4.74 Å². The molecule has 0 saturated carbocycles. The summed E-state index contributed by atoms with van der Waals surface area (Å²) in [6.07, 6.45) is 4.36. The molecule has 2 amide bonds. The number of carboxylic acids is 1. The molecule has 4 heterocycles. The van der Waals surface area contributed by atoms with Crippen molar-refractivity contribution in [1.82, 2.24) is 24.8 Å². The van der Waals surface area contributed by atoms with Gasteiger partial charge in [0.05, 0.1) is 23.0 Å². The van der Waals surface area contributed by atoms with Crippen molar-refractivity contribution in [2.75, 3.05) is 19.7 Å². The molecule has 3 fully saturated rings. The zero-order valence-corrected chi connectivity index (χ0v) is 21.0. The Kier molecular flexibility index (Phi) is 6.53. The molecule has 2 unspecified atom stereocenters. The highest BCUT2D eigenvalue weighted by molar-refractivity contribution is 5.98. The van der Waals surface area contributed by atoms with E-state index in [2.05, 4.69) is 16.9 Å². The third-order valence-corrected chi connectivity index (χ3v) is 8.22. The maximum Gasteiger partial charge on any atom is 0.310 e. The number of ether oxygens (including phenoxy) is 1. The first-order chi connectivity index (χ1) is 17.8. The first-order valence-electron chi connectivity index (χ1n) is 12.8. The number of hydrogen-bond donors (Lipinski definition) is 2. The first kappa shape index (κ1) is 25.3. The van der Waals surface area contributed by atoms with Gasteiger partial charge >= 0.3 is 5.97 Å². The zero-order valence-electron chi connectivity index (χ0n) is 21.0. The summed E-state index contributed by atoms with van der Waals surface area (Å²) >= 11 is 0. The minimum Gasteiger partial charge on any atom is -0.481 e. The van der Waals surface area contributed by atoms with Crippen molar-refractivity contribution in [2.24, 2.45) is 11.8 Å². The van der Waals surface area contributed by atoms with Crippen LogP contribution in [0.5, 0.6) is 0 Å². The molecule has 2 aromatic rings. The Morgan fingerprint density at radius 1 is 1.27 bits per heavy atom. The Morgan fingerprint density at radius 3 is 2.78 bits per heavy atom. The molecule has 5 rings (SSSR count). The van der Waals surface area contributed by atoms with Gasteiger partial charge in [0.25, 0.3) is 0 Å². The number of aliphatic hydroxyl groups is 1. The normalized spacial score (nSPS) is 30.2. The lowest BCUT2D eigenvalue weighted by atomic mass is 9.66. The van der Waals surface area contributed by atoms with E-state index in [-0.39, 0.29) is 38.2 Å². The number of hydrogen-bond acceptors (Lipinski definition) is 7. The molecule has 11 heteroatoms. The Bertz CT molecular complexity index is 1230. The van der Waals surface area contributed by atoms with Crippen LogP contribution in [0.3, 0.4) is 0 Å². The third-order valence-electron chi connectivity index (χ3n) is 8.22. The molecule has 3 aliphatic heterocycles. The van der Waals surface area contributed by atoms with Crippen LogP contribution in [-0.4, -0.2) is 89.7 Å². The van der Waals surface area contributed by atoms with Gasteiger partial charge in [-0.2, -0.15) is 0 Å². The van der Waals surface area contributed by atoms with E-state index >= 15 is 0 Å². The van der Waals surface area contributed by atoms with Crippen molar-refractivity contribution >= 4 is 28.8 Å². The summed E-state index contributed by atoms with van der Waals surface area (Å²) in [6, 6.07) is 6.48. The number of para-hydroxylation sites is 1. The van der Waals surface area contributed by atoms with Crippen molar-refractivity contribution in [3.8, 4) is 0 Å². The van der Waals surface area contributed by atoms with Gasteiger partial charge in [-0.3, -0.25) is 14.4 Å². The van der Waals surface area contributed by atoms with Crippen LogP contribution in [-0.2, 0) is 25.8 Å². The Labute approximate surface area is 214 Å². The summed E-state index contributed by atoms with van der Waals surface area (Å²) in [5, 5.41) is 27.6. The van der Waals surface area contributed by atoms with E-state index < -0.39 is 35.0 Å². The average Bonchev–Trinajstić information content (AvgIpc) is 3.57. The maximum absolute atomic E-state index is 14.3.